The highest BCUT2D eigenvalue weighted by molar-refractivity contribution is 5.95. The smallest absolute Gasteiger partial charge is 0.349 e. The van der Waals surface area contributed by atoms with Crippen molar-refractivity contribution in [3.05, 3.63) is 61.8 Å². The van der Waals surface area contributed by atoms with Crippen LogP contribution in [0.5, 0.6) is 0 Å². The van der Waals surface area contributed by atoms with E-state index in [2.05, 4.69) is 15.3 Å². The highest BCUT2D eigenvalue weighted by Gasteiger charge is 2.23. The molecule has 1 fully saturated rings. The number of hydrogen-bond donors (Lipinski definition) is 2. The Bertz CT molecular complexity index is 880. The molecule has 2 aromatic heterocycles. The molecule has 3 rings (SSSR count). The summed E-state index contributed by atoms with van der Waals surface area (Å²) in [4.78, 5) is 42.1. The van der Waals surface area contributed by atoms with Crippen LogP contribution in [-0.4, -0.2) is 35.6 Å². The molecule has 1 unspecified atom stereocenters. The van der Waals surface area contributed by atoms with Crippen LogP contribution >= 0.6 is 0 Å². The second kappa shape index (κ2) is 7.43. The first kappa shape index (κ1) is 17.1. The van der Waals surface area contributed by atoms with Crippen LogP contribution in [0.2, 0.25) is 0 Å². The van der Waals surface area contributed by atoms with Crippen LogP contribution in [0, 0.1) is 6.92 Å². The van der Waals surface area contributed by atoms with Crippen molar-refractivity contribution in [3.8, 4) is 0 Å². The third-order valence-corrected chi connectivity index (χ3v) is 4.13. The van der Waals surface area contributed by atoms with E-state index in [0.29, 0.717) is 36.7 Å². The molecule has 1 amide bonds. The van der Waals surface area contributed by atoms with Gasteiger partial charge in [0, 0.05) is 37.3 Å². The molecule has 2 aromatic rings. The molecule has 8 heteroatoms. The lowest BCUT2D eigenvalue weighted by Crippen LogP contribution is -2.31. The summed E-state index contributed by atoms with van der Waals surface area (Å²) in [6, 6.07) is 3.10. The number of aromatic amines is 1. The molecule has 0 aliphatic carbocycles. The molecule has 0 bridgehead atoms. The van der Waals surface area contributed by atoms with Crippen LogP contribution in [0.3, 0.4) is 0 Å². The van der Waals surface area contributed by atoms with E-state index in [1.807, 2.05) is 0 Å². The Balaban J connectivity index is 1.67. The minimum atomic E-state index is -0.645. The Morgan fingerprint density at radius 3 is 2.92 bits per heavy atom. The number of rotatable bonds is 5. The molecule has 0 spiro atoms. The number of carbonyl (C=O) groups is 1. The number of nitrogens with one attached hydrogen (secondary N) is 2. The second-order valence-corrected chi connectivity index (χ2v) is 5.96. The number of ether oxygens (including phenoxy) is 1. The number of hydrogen-bond acceptors (Lipinski definition) is 6. The van der Waals surface area contributed by atoms with Gasteiger partial charge in [-0.05, 0) is 25.0 Å². The third kappa shape index (κ3) is 4.03. The zero-order chi connectivity index (χ0) is 17.8. The predicted molar refractivity (Wildman–Crippen MR) is 88.8 cm³/mol. The molecule has 25 heavy (non-hydrogen) atoms. The van der Waals surface area contributed by atoms with Gasteiger partial charge in [0.1, 0.15) is 11.3 Å². The average Bonchev–Trinajstić information content (AvgIpc) is 3.08. The van der Waals surface area contributed by atoms with Crippen molar-refractivity contribution in [1.82, 2.24) is 15.3 Å². The molecule has 1 atom stereocenters. The van der Waals surface area contributed by atoms with E-state index in [1.54, 1.807) is 13.0 Å². The number of nitrogens with zero attached hydrogens (tertiary/aromatic N) is 1. The average molecular weight is 345 g/mol. The summed E-state index contributed by atoms with van der Waals surface area (Å²) in [6.07, 6.45) is 2.50. The van der Waals surface area contributed by atoms with Gasteiger partial charge >= 0.3 is 5.63 Å². The molecule has 132 valence electrons. The van der Waals surface area contributed by atoms with E-state index < -0.39 is 11.5 Å². The van der Waals surface area contributed by atoms with Gasteiger partial charge in [0.25, 0.3) is 11.5 Å². The summed E-state index contributed by atoms with van der Waals surface area (Å²) in [7, 11) is 0. The molecule has 2 N–H and O–H groups in total. The molecule has 0 saturated carbocycles. The van der Waals surface area contributed by atoms with Crippen molar-refractivity contribution in [2.24, 2.45) is 0 Å². The SMILES string of the molecule is Cc1cc(C2CCOC2)oc(=O)c1C(=O)NCCc1cc(=O)[nH]cn1. The van der Waals surface area contributed by atoms with Gasteiger partial charge < -0.3 is 19.5 Å². The minimum Gasteiger partial charge on any atom is -0.427 e. The number of aryl methyl sites for hydroxylation is 1. The van der Waals surface area contributed by atoms with Crippen molar-refractivity contribution >= 4 is 5.91 Å². The third-order valence-electron chi connectivity index (χ3n) is 4.13. The van der Waals surface area contributed by atoms with E-state index >= 15 is 0 Å². The summed E-state index contributed by atoms with van der Waals surface area (Å²) in [5.74, 6) is 0.125. The molecular weight excluding hydrogens is 326 g/mol. The number of amides is 1. The lowest BCUT2D eigenvalue weighted by Gasteiger charge is -2.10. The summed E-state index contributed by atoms with van der Waals surface area (Å²) in [5, 5.41) is 2.66. The first-order valence-electron chi connectivity index (χ1n) is 8.09. The van der Waals surface area contributed by atoms with Crippen LogP contribution in [0.4, 0.5) is 0 Å². The monoisotopic (exact) mass is 345 g/mol. The molecule has 3 heterocycles. The van der Waals surface area contributed by atoms with Gasteiger partial charge in [-0.3, -0.25) is 9.59 Å². The highest BCUT2D eigenvalue weighted by Crippen LogP contribution is 2.25. The maximum absolute atomic E-state index is 12.3. The summed E-state index contributed by atoms with van der Waals surface area (Å²) >= 11 is 0. The molecular formula is C17H19N3O5. The van der Waals surface area contributed by atoms with Gasteiger partial charge in [-0.25, -0.2) is 9.78 Å². The zero-order valence-electron chi connectivity index (χ0n) is 13.8. The zero-order valence-corrected chi connectivity index (χ0v) is 13.8. The normalized spacial score (nSPS) is 16.8. The van der Waals surface area contributed by atoms with Crippen molar-refractivity contribution in [3.63, 3.8) is 0 Å². The first-order valence-corrected chi connectivity index (χ1v) is 8.09. The fourth-order valence-electron chi connectivity index (χ4n) is 2.80. The topological polar surface area (TPSA) is 114 Å². The fraction of sp³-hybridized carbons (Fsp3) is 0.412. The van der Waals surface area contributed by atoms with Crippen molar-refractivity contribution in [2.75, 3.05) is 19.8 Å². The minimum absolute atomic E-state index is 0.00142. The van der Waals surface area contributed by atoms with E-state index in [4.69, 9.17) is 9.15 Å². The summed E-state index contributed by atoms with van der Waals surface area (Å²) < 4.78 is 10.6. The largest absolute Gasteiger partial charge is 0.427 e. The molecule has 0 radical (unpaired) electrons. The van der Waals surface area contributed by atoms with E-state index in [-0.39, 0.29) is 23.6 Å². The molecule has 8 nitrogen and oxygen atoms in total. The molecule has 1 aliphatic heterocycles. The number of carbonyl (C=O) groups excluding carboxylic acids is 1. The number of aromatic nitrogens is 2. The van der Waals surface area contributed by atoms with Gasteiger partial charge in [-0.15, -0.1) is 0 Å². The summed E-state index contributed by atoms with van der Waals surface area (Å²) in [5.41, 5.74) is 0.240. The van der Waals surface area contributed by atoms with Gasteiger partial charge in [-0.2, -0.15) is 0 Å². The molecule has 1 saturated heterocycles. The maximum Gasteiger partial charge on any atom is 0.349 e. The van der Waals surface area contributed by atoms with Crippen molar-refractivity contribution in [2.45, 2.75) is 25.7 Å². The highest BCUT2D eigenvalue weighted by atomic mass is 16.5. The predicted octanol–water partition coefficient (Wildman–Crippen LogP) is 0.508. The van der Waals surface area contributed by atoms with E-state index in [0.717, 1.165) is 6.42 Å². The Morgan fingerprint density at radius 1 is 1.40 bits per heavy atom. The molecule has 1 aliphatic rings. The quantitative estimate of drug-likeness (QED) is 0.816. The van der Waals surface area contributed by atoms with Crippen LogP contribution in [0.1, 0.15) is 39.7 Å². The van der Waals surface area contributed by atoms with Crippen LogP contribution in [0.25, 0.3) is 0 Å². The van der Waals surface area contributed by atoms with E-state index in [9.17, 15) is 14.4 Å². The first-order chi connectivity index (χ1) is 12.0. The fourth-order valence-corrected chi connectivity index (χ4v) is 2.80. The lowest BCUT2D eigenvalue weighted by atomic mass is 10.0. The van der Waals surface area contributed by atoms with Crippen LogP contribution in [0.15, 0.2) is 32.5 Å². The van der Waals surface area contributed by atoms with Gasteiger partial charge in [0.2, 0.25) is 0 Å². The lowest BCUT2D eigenvalue weighted by molar-refractivity contribution is 0.0949. The second-order valence-electron chi connectivity index (χ2n) is 5.96. The van der Waals surface area contributed by atoms with Crippen LogP contribution < -0.4 is 16.5 Å². The Labute approximate surface area is 143 Å². The maximum atomic E-state index is 12.3. The van der Waals surface area contributed by atoms with E-state index in [1.165, 1.54) is 12.4 Å². The van der Waals surface area contributed by atoms with Crippen molar-refractivity contribution in [1.29, 1.82) is 0 Å². The van der Waals surface area contributed by atoms with Crippen LogP contribution in [-0.2, 0) is 11.2 Å². The van der Waals surface area contributed by atoms with Gasteiger partial charge in [0.15, 0.2) is 0 Å². The Hall–Kier alpha value is -2.74. The Kier molecular flexibility index (Phi) is 5.08. The van der Waals surface area contributed by atoms with Gasteiger partial charge in [-0.1, -0.05) is 0 Å². The Morgan fingerprint density at radius 2 is 2.24 bits per heavy atom. The van der Waals surface area contributed by atoms with Gasteiger partial charge in [0.05, 0.1) is 12.9 Å². The standard InChI is InChI=1S/C17H19N3O5/c1-10-6-13(11-3-5-24-8-11)25-17(23)15(10)16(22)18-4-2-12-7-14(21)20-9-19-12/h6-7,9,11H,2-5,8H2,1H3,(H,18,22)(H,19,20,21). The summed E-state index contributed by atoms with van der Waals surface area (Å²) in [6.45, 7) is 3.14. The number of H-pyrrole nitrogens is 1. The van der Waals surface area contributed by atoms with Crippen molar-refractivity contribution < 1.29 is 13.9 Å². The molecule has 0 aromatic carbocycles.